The van der Waals surface area contributed by atoms with E-state index in [2.05, 4.69) is 4.18 Å². The normalized spacial score (nSPS) is 17.8. The van der Waals surface area contributed by atoms with Crippen LogP contribution in [0.3, 0.4) is 0 Å². The number of hydrogen-bond acceptors (Lipinski definition) is 7. The Morgan fingerprint density at radius 2 is 1.29 bits per heavy atom. The van der Waals surface area contributed by atoms with Gasteiger partial charge in [-0.1, -0.05) is 31.2 Å². The van der Waals surface area contributed by atoms with Gasteiger partial charge >= 0.3 is 15.6 Å². The molecule has 2 aromatic carbocycles. The van der Waals surface area contributed by atoms with Gasteiger partial charge in [0.1, 0.15) is 17.3 Å². The van der Waals surface area contributed by atoms with E-state index in [1.165, 1.54) is 31.5 Å². The van der Waals surface area contributed by atoms with Crippen LogP contribution in [0.25, 0.3) is 0 Å². The molecule has 0 spiro atoms. The molecule has 2 aromatic rings. The predicted octanol–water partition coefficient (Wildman–Crippen LogP) is 4.83. The number of benzene rings is 2. The third kappa shape index (κ3) is 6.80. The van der Waals surface area contributed by atoms with Gasteiger partial charge in [-0.15, -0.1) is 0 Å². The minimum Gasteiger partial charge on any atom is -0.497 e. The fraction of sp³-hybridized carbons (Fsp3) is 0.440. The van der Waals surface area contributed by atoms with Gasteiger partial charge in [-0.25, -0.2) is 8.42 Å². The summed E-state index contributed by atoms with van der Waals surface area (Å²) in [5.74, 6) is -0.0976. The molecule has 0 aromatic heterocycles. The van der Waals surface area contributed by atoms with Gasteiger partial charge in [0, 0.05) is 19.5 Å². The molecule has 0 radical (unpaired) electrons. The quantitative estimate of drug-likeness (QED) is 0.263. The van der Waals surface area contributed by atoms with Crippen molar-refractivity contribution in [2.75, 3.05) is 14.2 Å². The van der Waals surface area contributed by atoms with Gasteiger partial charge in [-0.3, -0.25) is 0 Å². The van der Waals surface area contributed by atoms with Gasteiger partial charge in [0.05, 0.1) is 19.5 Å². The highest BCUT2D eigenvalue weighted by molar-refractivity contribution is 7.89. The van der Waals surface area contributed by atoms with Crippen LogP contribution >= 0.6 is 0 Å². The smallest absolute Gasteiger partial charge is 0.497 e. The number of alkyl halides is 3. The first-order chi connectivity index (χ1) is 17.7. The number of halogens is 3. The number of sulfonamides is 1. The van der Waals surface area contributed by atoms with Crippen molar-refractivity contribution in [1.82, 2.24) is 4.31 Å². The predicted molar refractivity (Wildman–Crippen MR) is 135 cm³/mol. The molecule has 0 bridgehead atoms. The molecule has 0 N–H and O–H groups in total. The van der Waals surface area contributed by atoms with E-state index in [-0.39, 0.29) is 25.3 Å². The Kier molecular flexibility index (Phi) is 9.04. The van der Waals surface area contributed by atoms with Crippen molar-refractivity contribution >= 4 is 20.1 Å². The number of rotatable bonds is 12. The molecular formula is C25H30F3NO7S2. The van der Waals surface area contributed by atoms with Crippen LogP contribution in [-0.2, 0) is 37.4 Å². The first-order valence-corrected chi connectivity index (χ1v) is 14.6. The highest BCUT2D eigenvalue weighted by Gasteiger charge is 2.50. The summed E-state index contributed by atoms with van der Waals surface area (Å²) in [4.78, 5) is 0. The van der Waals surface area contributed by atoms with Crippen LogP contribution < -0.4 is 9.47 Å². The third-order valence-electron chi connectivity index (χ3n) is 6.62. The highest BCUT2D eigenvalue weighted by atomic mass is 32.2. The van der Waals surface area contributed by atoms with E-state index in [9.17, 15) is 30.0 Å². The van der Waals surface area contributed by atoms with Gasteiger partial charge in [-0.05, 0) is 60.2 Å². The summed E-state index contributed by atoms with van der Waals surface area (Å²) in [5, 5.41) is -0.930. The molecule has 0 saturated carbocycles. The lowest BCUT2D eigenvalue weighted by Crippen LogP contribution is -2.42. The number of methoxy groups -OCH3 is 2. The van der Waals surface area contributed by atoms with Crippen LogP contribution in [0.2, 0.25) is 0 Å². The molecule has 0 fully saturated rings. The Morgan fingerprint density at radius 1 is 0.868 bits per heavy atom. The van der Waals surface area contributed by atoms with Crippen molar-refractivity contribution in [3.05, 3.63) is 71.5 Å². The molecule has 3 atom stereocenters. The lowest BCUT2D eigenvalue weighted by Gasteiger charge is -2.35. The van der Waals surface area contributed by atoms with Crippen LogP contribution in [0, 0.1) is 11.8 Å². The standard InChI is InChI=1S/C25H30F3NO7S2/c1-17(21-13-24(14-21)36-38(32,33)25(26,27)28)18(2)37(30,31)29(15-19-5-9-22(34-3)10-6-19)16-20-7-11-23(35-4)12-8-20/h5-13,17-18,21H,14-16H2,1-4H3/t17-,18-,21+/m1/s1. The third-order valence-corrected chi connectivity index (χ3v) is 9.97. The van der Waals surface area contributed by atoms with Crippen molar-refractivity contribution in [3.8, 4) is 11.5 Å². The average Bonchev–Trinajstić information content (AvgIpc) is 2.84. The van der Waals surface area contributed by atoms with Crippen LogP contribution in [0.15, 0.2) is 60.4 Å². The molecule has 210 valence electrons. The maximum Gasteiger partial charge on any atom is 0.534 e. The molecule has 38 heavy (non-hydrogen) atoms. The van der Waals surface area contributed by atoms with Crippen molar-refractivity contribution in [1.29, 1.82) is 0 Å². The van der Waals surface area contributed by atoms with Gasteiger partial charge in [0.15, 0.2) is 0 Å². The highest BCUT2D eigenvalue weighted by Crippen LogP contribution is 2.39. The van der Waals surface area contributed by atoms with Crippen LogP contribution in [0.1, 0.15) is 31.4 Å². The molecule has 1 aliphatic carbocycles. The van der Waals surface area contributed by atoms with Gasteiger partial charge in [0.25, 0.3) is 0 Å². The Balaban J connectivity index is 1.81. The van der Waals surface area contributed by atoms with E-state index in [0.29, 0.717) is 11.5 Å². The molecule has 0 amide bonds. The molecule has 8 nitrogen and oxygen atoms in total. The zero-order chi connectivity index (χ0) is 28.3. The topological polar surface area (TPSA) is 99.2 Å². The summed E-state index contributed by atoms with van der Waals surface area (Å²) in [6, 6.07) is 14.0. The number of ether oxygens (including phenoxy) is 2. The van der Waals surface area contributed by atoms with Crippen molar-refractivity contribution in [3.63, 3.8) is 0 Å². The Bertz CT molecular complexity index is 1290. The molecule has 1 aliphatic rings. The van der Waals surface area contributed by atoms with E-state index in [1.807, 2.05) is 0 Å². The largest absolute Gasteiger partial charge is 0.534 e. The van der Waals surface area contributed by atoms with Gasteiger partial charge in [0.2, 0.25) is 10.0 Å². The molecular weight excluding hydrogens is 547 g/mol. The van der Waals surface area contributed by atoms with E-state index in [4.69, 9.17) is 9.47 Å². The Hall–Kier alpha value is -2.77. The van der Waals surface area contributed by atoms with E-state index >= 15 is 0 Å². The maximum atomic E-state index is 13.8. The molecule has 0 heterocycles. The molecule has 0 saturated heterocycles. The summed E-state index contributed by atoms with van der Waals surface area (Å²) < 4.78 is 104. The lowest BCUT2D eigenvalue weighted by molar-refractivity contribution is -0.0528. The summed E-state index contributed by atoms with van der Waals surface area (Å²) in [5.41, 5.74) is -4.07. The summed E-state index contributed by atoms with van der Waals surface area (Å²) >= 11 is 0. The number of hydrogen-bond donors (Lipinski definition) is 0. The summed E-state index contributed by atoms with van der Waals surface area (Å²) in [6.07, 6.45) is 1.12. The Labute approximate surface area is 221 Å². The van der Waals surface area contributed by atoms with E-state index in [1.54, 1.807) is 55.5 Å². The van der Waals surface area contributed by atoms with E-state index < -0.39 is 42.7 Å². The van der Waals surface area contributed by atoms with Crippen LogP contribution in [0.5, 0.6) is 11.5 Å². The average molecular weight is 578 g/mol. The lowest BCUT2D eigenvalue weighted by atomic mass is 9.81. The number of allylic oxidation sites excluding steroid dienone is 2. The van der Waals surface area contributed by atoms with Crippen molar-refractivity contribution in [2.24, 2.45) is 11.8 Å². The van der Waals surface area contributed by atoms with E-state index in [0.717, 1.165) is 11.1 Å². The molecule has 3 rings (SSSR count). The maximum absolute atomic E-state index is 13.8. The monoisotopic (exact) mass is 577 g/mol. The zero-order valence-corrected chi connectivity index (χ0v) is 22.9. The van der Waals surface area contributed by atoms with Gasteiger partial charge < -0.3 is 13.7 Å². The van der Waals surface area contributed by atoms with Crippen molar-refractivity contribution < 1.29 is 43.7 Å². The SMILES string of the molecule is COc1ccc(CN(Cc2ccc(OC)cc2)S(=O)(=O)[C@H](C)[C@@H](C)[C@H]2C=C(OS(=O)(=O)C(F)(F)F)C2)cc1. The fourth-order valence-corrected chi connectivity index (χ4v) is 6.36. The minimum atomic E-state index is -5.76. The first-order valence-electron chi connectivity index (χ1n) is 11.6. The Morgan fingerprint density at radius 3 is 1.66 bits per heavy atom. The number of nitrogens with zero attached hydrogens (tertiary/aromatic N) is 1. The molecule has 0 unspecified atom stereocenters. The van der Waals surface area contributed by atoms with Crippen LogP contribution in [0.4, 0.5) is 13.2 Å². The van der Waals surface area contributed by atoms with Gasteiger partial charge in [-0.2, -0.15) is 25.9 Å². The molecule has 0 aliphatic heterocycles. The zero-order valence-electron chi connectivity index (χ0n) is 21.3. The van der Waals surface area contributed by atoms with Crippen molar-refractivity contribution in [2.45, 2.75) is 44.1 Å². The fourth-order valence-electron chi connectivity index (χ4n) is 3.98. The second kappa shape index (κ2) is 11.5. The first kappa shape index (κ1) is 29.8. The second-order valence-corrected chi connectivity index (χ2v) is 12.9. The van der Waals surface area contributed by atoms with Crippen LogP contribution in [-0.4, -0.2) is 46.1 Å². The molecule has 13 heteroatoms. The second-order valence-electron chi connectivity index (χ2n) is 9.06. The summed E-state index contributed by atoms with van der Waals surface area (Å²) in [7, 11) is -6.62. The summed E-state index contributed by atoms with van der Waals surface area (Å²) in [6.45, 7) is 3.35. The minimum absolute atomic E-state index is 0.0775.